The Morgan fingerprint density at radius 3 is 2.78 bits per heavy atom. The quantitative estimate of drug-likeness (QED) is 0.641. The van der Waals surface area contributed by atoms with Crippen LogP contribution in [-0.4, -0.2) is 21.8 Å². The van der Waals surface area contributed by atoms with Crippen LogP contribution in [0, 0.1) is 0 Å². The molecule has 1 aliphatic rings. The molecule has 0 fully saturated rings. The number of aromatic nitrogens is 2. The van der Waals surface area contributed by atoms with Crippen LogP contribution in [0.5, 0.6) is 0 Å². The smallest absolute Gasteiger partial charge is 0.148 e. The van der Waals surface area contributed by atoms with Gasteiger partial charge in [0.15, 0.2) is 0 Å². The van der Waals surface area contributed by atoms with Gasteiger partial charge < -0.3 is 15.0 Å². The molecule has 0 saturated heterocycles. The molecule has 2 N–H and O–H groups in total. The van der Waals surface area contributed by atoms with Crippen LogP contribution in [0.4, 0.5) is 0 Å². The van der Waals surface area contributed by atoms with E-state index in [2.05, 4.69) is 54.3 Å². The van der Waals surface area contributed by atoms with Gasteiger partial charge in [0.1, 0.15) is 11.9 Å². The maximum Gasteiger partial charge on any atom is 0.148 e. The predicted octanol–water partition coefficient (Wildman–Crippen LogP) is 5.39. The molecule has 27 heavy (non-hydrogen) atoms. The van der Waals surface area contributed by atoms with Crippen molar-refractivity contribution in [3.63, 3.8) is 0 Å². The van der Waals surface area contributed by atoms with Crippen molar-refractivity contribution in [1.29, 1.82) is 0 Å². The SMILES string of the molecule is CC(C)(C)OC1C=C(c2c[nH]c3ncccc23)C=C(c2cccc(Cl)c2)N1. The van der Waals surface area contributed by atoms with E-state index in [1.54, 1.807) is 6.20 Å². The predicted molar refractivity (Wildman–Crippen MR) is 111 cm³/mol. The number of H-pyrrole nitrogens is 1. The van der Waals surface area contributed by atoms with Crippen LogP contribution in [-0.2, 0) is 4.74 Å². The van der Waals surface area contributed by atoms with Crippen molar-refractivity contribution >= 4 is 33.9 Å². The molecule has 0 aliphatic carbocycles. The zero-order valence-electron chi connectivity index (χ0n) is 15.6. The number of fused-ring (bicyclic) bond motifs is 1. The van der Waals surface area contributed by atoms with Crippen molar-refractivity contribution in [2.45, 2.75) is 32.6 Å². The highest BCUT2D eigenvalue weighted by Gasteiger charge is 2.23. The van der Waals surface area contributed by atoms with Crippen LogP contribution >= 0.6 is 11.6 Å². The molecule has 1 atom stereocenters. The van der Waals surface area contributed by atoms with Gasteiger partial charge in [-0.15, -0.1) is 0 Å². The van der Waals surface area contributed by atoms with Crippen LogP contribution in [0.2, 0.25) is 5.02 Å². The van der Waals surface area contributed by atoms with E-state index in [1.165, 1.54) is 0 Å². The standard InChI is InChI=1S/C22H22ClN3O/c1-22(2,3)27-20-12-15(18-13-25-21-17(18)8-5-9-24-21)11-19(26-20)14-6-4-7-16(23)10-14/h4-13,20,26H,1-3H3,(H,24,25). The van der Waals surface area contributed by atoms with Crippen LogP contribution in [0.3, 0.4) is 0 Å². The van der Waals surface area contributed by atoms with Gasteiger partial charge in [-0.2, -0.15) is 0 Å². The van der Waals surface area contributed by atoms with Gasteiger partial charge in [-0.1, -0.05) is 23.7 Å². The highest BCUT2D eigenvalue weighted by Crippen LogP contribution is 2.32. The van der Waals surface area contributed by atoms with Crippen molar-refractivity contribution in [3.8, 4) is 0 Å². The Morgan fingerprint density at radius 2 is 2.00 bits per heavy atom. The normalized spacial score (nSPS) is 17.4. The fraction of sp³-hybridized carbons (Fsp3) is 0.227. The fourth-order valence-electron chi connectivity index (χ4n) is 3.23. The molecule has 0 radical (unpaired) electrons. The van der Waals surface area contributed by atoms with Gasteiger partial charge in [-0.25, -0.2) is 4.98 Å². The molecule has 2 aromatic heterocycles. The number of rotatable bonds is 3. The number of aromatic amines is 1. The number of pyridine rings is 1. The highest BCUT2D eigenvalue weighted by atomic mass is 35.5. The second-order valence-corrected chi connectivity index (χ2v) is 8.02. The molecule has 0 bridgehead atoms. The van der Waals surface area contributed by atoms with Gasteiger partial charge in [0.05, 0.1) is 5.60 Å². The Kier molecular flexibility index (Phi) is 4.54. The molecule has 138 valence electrons. The van der Waals surface area contributed by atoms with Gasteiger partial charge in [-0.3, -0.25) is 0 Å². The number of hydrogen-bond acceptors (Lipinski definition) is 3. The average Bonchev–Trinajstić information content (AvgIpc) is 3.04. The molecule has 1 aromatic carbocycles. The summed E-state index contributed by atoms with van der Waals surface area (Å²) in [5, 5.41) is 5.26. The van der Waals surface area contributed by atoms with Crippen molar-refractivity contribution < 1.29 is 4.74 Å². The summed E-state index contributed by atoms with van der Waals surface area (Å²) in [5.74, 6) is 0. The van der Waals surface area contributed by atoms with Crippen LogP contribution < -0.4 is 5.32 Å². The number of dihydropyridines is 1. The largest absolute Gasteiger partial charge is 0.356 e. The second-order valence-electron chi connectivity index (χ2n) is 7.59. The lowest BCUT2D eigenvalue weighted by Gasteiger charge is -2.31. The van der Waals surface area contributed by atoms with Crippen molar-refractivity contribution in [1.82, 2.24) is 15.3 Å². The number of allylic oxidation sites excluding steroid dienone is 2. The summed E-state index contributed by atoms with van der Waals surface area (Å²) in [6.07, 6.45) is 7.77. The molecule has 0 saturated carbocycles. The first-order valence-electron chi connectivity index (χ1n) is 8.95. The Labute approximate surface area is 163 Å². The van der Waals surface area contributed by atoms with Crippen LogP contribution in [0.25, 0.3) is 22.3 Å². The van der Waals surface area contributed by atoms with Crippen molar-refractivity contribution in [2.24, 2.45) is 0 Å². The first-order chi connectivity index (χ1) is 12.9. The number of nitrogens with zero attached hydrogens (tertiary/aromatic N) is 1. The molecule has 3 aromatic rings. The lowest BCUT2D eigenvalue weighted by molar-refractivity contribution is -0.0451. The van der Waals surface area contributed by atoms with Gasteiger partial charge in [-0.05, 0) is 68.3 Å². The number of nitrogens with one attached hydrogen (secondary N) is 2. The lowest BCUT2D eigenvalue weighted by atomic mass is 9.99. The minimum Gasteiger partial charge on any atom is -0.356 e. The molecule has 4 nitrogen and oxygen atoms in total. The second kappa shape index (κ2) is 6.87. The number of hydrogen-bond donors (Lipinski definition) is 2. The Bertz CT molecular complexity index is 1040. The summed E-state index contributed by atoms with van der Waals surface area (Å²) in [7, 11) is 0. The molecule has 0 amide bonds. The summed E-state index contributed by atoms with van der Waals surface area (Å²) in [5.41, 5.74) is 4.77. The summed E-state index contributed by atoms with van der Waals surface area (Å²) >= 11 is 6.21. The molecule has 0 spiro atoms. The number of halogens is 1. The van der Waals surface area contributed by atoms with E-state index in [0.29, 0.717) is 5.02 Å². The van der Waals surface area contributed by atoms with E-state index in [9.17, 15) is 0 Å². The van der Waals surface area contributed by atoms with Crippen molar-refractivity contribution in [3.05, 3.63) is 77.1 Å². The zero-order valence-corrected chi connectivity index (χ0v) is 16.3. The van der Waals surface area contributed by atoms with Crippen LogP contribution in [0.1, 0.15) is 31.9 Å². The Morgan fingerprint density at radius 1 is 1.15 bits per heavy atom. The van der Waals surface area contributed by atoms with E-state index in [-0.39, 0.29) is 11.8 Å². The van der Waals surface area contributed by atoms with E-state index in [0.717, 1.165) is 33.4 Å². The molecule has 4 rings (SSSR count). The number of benzene rings is 1. The van der Waals surface area contributed by atoms with Gasteiger partial charge in [0.2, 0.25) is 0 Å². The third-order valence-electron chi connectivity index (χ3n) is 4.31. The highest BCUT2D eigenvalue weighted by molar-refractivity contribution is 6.30. The van der Waals surface area contributed by atoms with Gasteiger partial charge in [0.25, 0.3) is 0 Å². The number of ether oxygens (including phenoxy) is 1. The maximum absolute atomic E-state index is 6.21. The van der Waals surface area contributed by atoms with Crippen LogP contribution in [0.15, 0.2) is 60.9 Å². The molecule has 1 unspecified atom stereocenters. The lowest BCUT2D eigenvalue weighted by Crippen LogP contribution is -2.37. The van der Waals surface area contributed by atoms with E-state index in [1.807, 2.05) is 36.5 Å². The first-order valence-corrected chi connectivity index (χ1v) is 9.33. The molecule has 5 heteroatoms. The van der Waals surface area contributed by atoms with E-state index < -0.39 is 0 Å². The minimum atomic E-state index is -0.280. The summed E-state index contributed by atoms with van der Waals surface area (Å²) in [6, 6.07) is 11.8. The fourth-order valence-corrected chi connectivity index (χ4v) is 3.42. The summed E-state index contributed by atoms with van der Waals surface area (Å²) in [6.45, 7) is 6.15. The molecular formula is C22H22ClN3O. The average molecular weight is 380 g/mol. The first kappa shape index (κ1) is 17.8. The monoisotopic (exact) mass is 379 g/mol. The summed E-state index contributed by atoms with van der Waals surface area (Å²) < 4.78 is 6.21. The van der Waals surface area contributed by atoms with Gasteiger partial charge >= 0.3 is 0 Å². The van der Waals surface area contributed by atoms with E-state index in [4.69, 9.17) is 16.3 Å². The molecular weight excluding hydrogens is 358 g/mol. The third-order valence-corrected chi connectivity index (χ3v) is 4.54. The Hall–Kier alpha value is -2.56. The third kappa shape index (κ3) is 3.92. The Balaban J connectivity index is 1.80. The molecule has 1 aliphatic heterocycles. The van der Waals surface area contributed by atoms with Gasteiger partial charge in [0, 0.05) is 34.1 Å². The van der Waals surface area contributed by atoms with E-state index >= 15 is 0 Å². The zero-order chi connectivity index (χ0) is 19.0. The summed E-state index contributed by atoms with van der Waals surface area (Å²) in [4.78, 5) is 7.64. The maximum atomic E-state index is 6.21. The molecule has 3 heterocycles. The topological polar surface area (TPSA) is 49.9 Å². The minimum absolute atomic E-state index is 0.249. The van der Waals surface area contributed by atoms with Crippen molar-refractivity contribution in [2.75, 3.05) is 0 Å².